The summed E-state index contributed by atoms with van der Waals surface area (Å²) in [5.74, 6) is 0. The Morgan fingerprint density at radius 1 is 1.19 bits per heavy atom. The van der Waals surface area contributed by atoms with Crippen molar-refractivity contribution in [3.63, 3.8) is 0 Å². The summed E-state index contributed by atoms with van der Waals surface area (Å²) in [6.07, 6.45) is 3.65. The van der Waals surface area contributed by atoms with Gasteiger partial charge < -0.3 is 4.90 Å². The largest absolute Gasteiger partial charge is 0.308 e. The summed E-state index contributed by atoms with van der Waals surface area (Å²) in [5, 5.41) is 6.50. The van der Waals surface area contributed by atoms with E-state index in [2.05, 4.69) is 24.0 Å². The van der Waals surface area contributed by atoms with Crippen molar-refractivity contribution >= 4 is 22.5 Å². The maximum atomic E-state index is 6.32. The van der Waals surface area contributed by atoms with Crippen molar-refractivity contribution in [1.82, 2.24) is 19.7 Å². The van der Waals surface area contributed by atoms with E-state index >= 15 is 0 Å². The highest BCUT2D eigenvalue weighted by Gasteiger charge is 2.14. The molecule has 0 aliphatic heterocycles. The molecule has 0 aliphatic rings. The van der Waals surface area contributed by atoms with Crippen LogP contribution in [-0.2, 0) is 6.54 Å². The number of hydrogen-bond acceptors (Lipinski definition) is 3. The molecule has 1 aromatic carbocycles. The number of pyridine rings is 1. The monoisotopic (exact) mass is 300 g/mol. The fourth-order valence-electron chi connectivity index (χ4n) is 2.34. The second-order valence-electron chi connectivity index (χ2n) is 5.25. The number of hydrogen-bond donors (Lipinski definition) is 0. The Hall–Kier alpha value is -1.91. The maximum Gasteiger partial charge on any atom is 0.103 e. The highest BCUT2D eigenvalue weighted by Crippen LogP contribution is 2.32. The SMILES string of the molecule is CN(C)CCn1nc(-c2ccccc2Cl)c2cnccc21. The highest BCUT2D eigenvalue weighted by atomic mass is 35.5. The molecule has 0 fully saturated rings. The van der Waals surface area contributed by atoms with Crippen LogP contribution in [0.3, 0.4) is 0 Å². The molecule has 0 saturated heterocycles. The average Bonchev–Trinajstić information content (AvgIpc) is 2.84. The Labute approximate surface area is 129 Å². The minimum atomic E-state index is 0.709. The molecule has 108 valence electrons. The van der Waals surface area contributed by atoms with Gasteiger partial charge >= 0.3 is 0 Å². The molecule has 0 saturated carbocycles. The van der Waals surface area contributed by atoms with Crippen molar-refractivity contribution in [2.45, 2.75) is 6.54 Å². The average molecular weight is 301 g/mol. The first-order valence-corrected chi connectivity index (χ1v) is 7.25. The summed E-state index contributed by atoms with van der Waals surface area (Å²) in [6, 6.07) is 9.78. The lowest BCUT2D eigenvalue weighted by atomic mass is 10.1. The summed E-state index contributed by atoms with van der Waals surface area (Å²) in [6.45, 7) is 1.76. The first kappa shape index (κ1) is 14.0. The van der Waals surface area contributed by atoms with Crippen LogP contribution in [0.2, 0.25) is 5.02 Å². The Morgan fingerprint density at radius 2 is 2.00 bits per heavy atom. The zero-order chi connectivity index (χ0) is 14.8. The van der Waals surface area contributed by atoms with Crippen LogP contribution in [0.1, 0.15) is 0 Å². The summed E-state index contributed by atoms with van der Waals surface area (Å²) in [4.78, 5) is 6.37. The smallest absolute Gasteiger partial charge is 0.103 e. The third-order valence-corrected chi connectivity index (χ3v) is 3.77. The van der Waals surface area contributed by atoms with Crippen LogP contribution in [0, 0.1) is 0 Å². The zero-order valence-electron chi connectivity index (χ0n) is 12.1. The molecule has 5 heteroatoms. The van der Waals surface area contributed by atoms with Gasteiger partial charge in [0.15, 0.2) is 0 Å². The molecule has 0 radical (unpaired) electrons. The molecule has 3 aromatic rings. The maximum absolute atomic E-state index is 6.32. The minimum Gasteiger partial charge on any atom is -0.308 e. The fourth-order valence-corrected chi connectivity index (χ4v) is 2.57. The van der Waals surface area contributed by atoms with Crippen LogP contribution in [0.25, 0.3) is 22.2 Å². The predicted octanol–water partition coefficient (Wildman–Crippen LogP) is 3.31. The quantitative estimate of drug-likeness (QED) is 0.741. The molecule has 4 nitrogen and oxygen atoms in total. The summed E-state index contributed by atoms with van der Waals surface area (Å²) < 4.78 is 2.02. The van der Waals surface area contributed by atoms with Gasteiger partial charge in [-0.2, -0.15) is 5.10 Å². The second kappa shape index (κ2) is 5.84. The van der Waals surface area contributed by atoms with Crippen molar-refractivity contribution in [3.8, 4) is 11.3 Å². The molecule has 2 heterocycles. The van der Waals surface area contributed by atoms with Gasteiger partial charge in [0.25, 0.3) is 0 Å². The third-order valence-electron chi connectivity index (χ3n) is 3.44. The minimum absolute atomic E-state index is 0.709. The number of likely N-dealkylation sites (N-methyl/N-ethyl adjacent to an activating group) is 1. The first-order chi connectivity index (χ1) is 10.2. The molecule has 21 heavy (non-hydrogen) atoms. The molecule has 0 bridgehead atoms. The van der Waals surface area contributed by atoms with Gasteiger partial charge in [-0.1, -0.05) is 29.8 Å². The van der Waals surface area contributed by atoms with E-state index in [1.54, 1.807) is 6.20 Å². The summed E-state index contributed by atoms with van der Waals surface area (Å²) in [5.41, 5.74) is 2.92. The first-order valence-electron chi connectivity index (χ1n) is 6.87. The van der Waals surface area contributed by atoms with Crippen LogP contribution in [0.5, 0.6) is 0 Å². The molecule has 3 rings (SSSR count). The predicted molar refractivity (Wildman–Crippen MR) is 86.5 cm³/mol. The molecule has 0 spiro atoms. The van der Waals surface area contributed by atoms with Crippen LogP contribution in [0.15, 0.2) is 42.7 Å². The van der Waals surface area contributed by atoms with Crippen molar-refractivity contribution in [1.29, 1.82) is 0 Å². The molecular formula is C16H17ClN4. The van der Waals surface area contributed by atoms with E-state index in [-0.39, 0.29) is 0 Å². The normalized spacial score (nSPS) is 11.4. The Balaban J connectivity index is 2.13. The van der Waals surface area contributed by atoms with Crippen LogP contribution < -0.4 is 0 Å². The van der Waals surface area contributed by atoms with Gasteiger partial charge in [-0.15, -0.1) is 0 Å². The van der Waals surface area contributed by atoms with Crippen LogP contribution in [0.4, 0.5) is 0 Å². The number of nitrogens with zero attached hydrogens (tertiary/aromatic N) is 4. The van der Waals surface area contributed by atoms with E-state index in [0.29, 0.717) is 5.02 Å². The van der Waals surface area contributed by atoms with Crippen molar-refractivity contribution in [3.05, 3.63) is 47.7 Å². The van der Waals surface area contributed by atoms with E-state index in [1.165, 1.54) is 0 Å². The van der Waals surface area contributed by atoms with Gasteiger partial charge in [0.1, 0.15) is 5.69 Å². The number of rotatable bonds is 4. The van der Waals surface area contributed by atoms with E-state index in [0.717, 1.165) is 35.2 Å². The Kier molecular flexibility index (Phi) is 3.90. The topological polar surface area (TPSA) is 34.0 Å². The van der Waals surface area contributed by atoms with Gasteiger partial charge in [0.2, 0.25) is 0 Å². The van der Waals surface area contributed by atoms with Gasteiger partial charge in [-0.3, -0.25) is 9.67 Å². The van der Waals surface area contributed by atoms with E-state index in [4.69, 9.17) is 16.7 Å². The number of aromatic nitrogens is 3. The summed E-state index contributed by atoms with van der Waals surface area (Å²) in [7, 11) is 4.12. The molecule has 0 amide bonds. The lowest BCUT2D eigenvalue weighted by Gasteiger charge is -2.09. The zero-order valence-corrected chi connectivity index (χ0v) is 12.9. The Morgan fingerprint density at radius 3 is 2.76 bits per heavy atom. The van der Waals surface area contributed by atoms with Crippen molar-refractivity contribution < 1.29 is 0 Å². The fraction of sp³-hybridized carbons (Fsp3) is 0.250. The third kappa shape index (κ3) is 2.77. The highest BCUT2D eigenvalue weighted by molar-refractivity contribution is 6.33. The molecule has 2 aromatic heterocycles. The lowest BCUT2D eigenvalue weighted by Crippen LogP contribution is -2.18. The van der Waals surface area contributed by atoms with E-state index < -0.39 is 0 Å². The van der Waals surface area contributed by atoms with Gasteiger partial charge in [-0.05, 0) is 26.2 Å². The Bertz CT molecular complexity index is 764. The molecule has 0 atom stereocenters. The second-order valence-corrected chi connectivity index (χ2v) is 5.65. The van der Waals surface area contributed by atoms with Gasteiger partial charge in [-0.25, -0.2) is 0 Å². The number of fused-ring (bicyclic) bond motifs is 1. The van der Waals surface area contributed by atoms with Crippen molar-refractivity contribution in [2.24, 2.45) is 0 Å². The summed E-state index contributed by atoms with van der Waals surface area (Å²) >= 11 is 6.32. The van der Waals surface area contributed by atoms with Crippen molar-refractivity contribution in [2.75, 3.05) is 20.6 Å². The molecule has 0 N–H and O–H groups in total. The number of benzene rings is 1. The molecular weight excluding hydrogens is 284 g/mol. The molecule has 0 aliphatic carbocycles. The van der Waals surface area contributed by atoms with E-state index in [1.807, 2.05) is 41.2 Å². The van der Waals surface area contributed by atoms with E-state index in [9.17, 15) is 0 Å². The van der Waals surface area contributed by atoms with Gasteiger partial charge in [0.05, 0.1) is 17.1 Å². The van der Waals surface area contributed by atoms with Crippen LogP contribution >= 0.6 is 11.6 Å². The lowest BCUT2D eigenvalue weighted by molar-refractivity contribution is 0.377. The van der Waals surface area contributed by atoms with Gasteiger partial charge in [0, 0.05) is 29.9 Å². The van der Waals surface area contributed by atoms with Crippen LogP contribution in [-0.4, -0.2) is 40.3 Å². The standard InChI is InChI=1S/C16H17ClN4/c1-20(2)9-10-21-15-7-8-18-11-13(15)16(19-21)12-5-3-4-6-14(12)17/h3-8,11H,9-10H2,1-2H3. The molecule has 0 unspecified atom stereocenters. The number of halogens is 1.